The molecule has 2 aliphatic rings. The van der Waals surface area contributed by atoms with Gasteiger partial charge in [0, 0.05) is 23.2 Å². The van der Waals surface area contributed by atoms with Crippen LogP contribution in [0.25, 0.3) is 0 Å². The van der Waals surface area contributed by atoms with Gasteiger partial charge in [0.15, 0.2) is 0 Å². The lowest BCUT2D eigenvalue weighted by atomic mass is 9.76. The monoisotopic (exact) mass is 266 g/mol. The fourth-order valence-corrected chi connectivity index (χ4v) is 4.66. The first kappa shape index (κ1) is 15.3. The van der Waals surface area contributed by atoms with Crippen molar-refractivity contribution in [1.29, 1.82) is 0 Å². The molecule has 3 atom stereocenters. The van der Waals surface area contributed by atoms with E-state index in [2.05, 4.69) is 52.2 Å². The molecule has 2 fully saturated rings. The average molecular weight is 266 g/mol. The van der Waals surface area contributed by atoms with Gasteiger partial charge in [0.05, 0.1) is 0 Å². The lowest BCUT2D eigenvalue weighted by Gasteiger charge is -2.48. The summed E-state index contributed by atoms with van der Waals surface area (Å²) in [5.41, 5.74) is 0.509. The number of hydrogen-bond acceptors (Lipinski definition) is 2. The highest BCUT2D eigenvalue weighted by molar-refractivity contribution is 5.00. The van der Waals surface area contributed by atoms with Gasteiger partial charge in [-0.05, 0) is 71.6 Å². The first-order chi connectivity index (χ1) is 8.67. The van der Waals surface area contributed by atoms with Crippen LogP contribution in [0.3, 0.4) is 0 Å². The van der Waals surface area contributed by atoms with E-state index in [1.54, 1.807) is 0 Å². The van der Waals surface area contributed by atoms with Gasteiger partial charge in [0.25, 0.3) is 0 Å². The third-order valence-electron chi connectivity index (χ3n) is 5.07. The van der Waals surface area contributed by atoms with E-state index in [1.165, 1.54) is 32.1 Å². The van der Waals surface area contributed by atoms with Crippen LogP contribution in [0.1, 0.15) is 73.6 Å². The quantitative estimate of drug-likeness (QED) is 0.796. The molecular formula is C17H34N2. The fraction of sp³-hybridized carbons (Fsp3) is 1.00. The summed E-state index contributed by atoms with van der Waals surface area (Å²) < 4.78 is 0. The van der Waals surface area contributed by atoms with E-state index in [-0.39, 0.29) is 11.1 Å². The molecule has 0 bridgehead atoms. The summed E-state index contributed by atoms with van der Waals surface area (Å²) >= 11 is 0. The second-order valence-corrected chi connectivity index (χ2v) is 8.67. The van der Waals surface area contributed by atoms with Crippen molar-refractivity contribution in [3.8, 4) is 0 Å². The number of hydrogen-bond donors (Lipinski definition) is 2. The molecule has 0 aromatic heterocycles. The Morgan fingerprint density at radius 1 is 0.947 bits per heavy atom. The minimum Gasteiger partial charge on any atom is -0.311 e. The number of rotatable bonds is 2. The van der Waals surface area contributed by atoms with E-state index in [4.69, 9.17) is 0 Å². The Hall–Kier alpha value is -0.0800. The molecule has 0 aromatic rings. The van der Waals surface area contributed by atoms with Crippen LogP contribution in [-0.2, 0) is 0 Å². The van der Waals surface area contributed by atoms with Crippen LogP contribution < -0.4 is 10.6 Å². The van der Waals surface area contributed by atoms with E-state index < -0.39 is 0 Å². The molecule has 1 aliphatic carbocycles. The molecule has 0 aromatic carbocycles. The zero-order chi connectivity index (χ0) is 14.3. The first-order valence-corrected chi connectivity index (χ1v) is 8.22. The predicted molar refractivity (Wildman–Crippen MR) is 83.4 cm³/mol. The van der Waals surface area contributed by atoms with E-state index in [1.807, 2.05) is 0 Å². The highest BCUT2D eigenvalue weighted by atomic mass is 15.1. The number of piperidine rings is 1. The van der Waals surface area contributed by atoms with Gasteiger partial charge in [-0.1, -0.05) is 13.8 Å². The van der Waals surface area contributed by atoms with Gasteiger partial charge in [-0.25, -0.2) is 0 Å². The topological polar surface area (TPSA) is 24.1 Å². The first-order valence-electron chi connectivity index (χ1n) is 8.22. The SMILES string of the molecule is CC1CCC(NC2CC(C)(C)NC(C)(C)C2)C(C)C1. The summed E-state index contributed by atoms with van der Waals surface area (Å²) in [4.78, 5) is 0. The highest BCUT2D eigenvalue weighted by Gasteiger charge is 2.39. The second-order valence-electron chi connectivity index (χ2n) is 8.67. The lowest BCUT2D eigenvalue weighted by Crippen LogP contribution is -2.63. The van der Waals surface area contributed by atoms with E-state index in [9.17, 15) is 0 Å². The molecule has 1 saturated heterocycles. The maximum Gasteiger partial charge on any atom is 0.0144 e. The molecule has 2 heteroatoms. The third-order valence-corrected chi connectivity index (χ3v) is 5.07. The molecule has 2 N–H and O–H groups in total. The normalized spacial score (nSPS) is 39.2. The molecule has 2 nitrogen and oxygen atoms in total. The summed E-state index contributed by atoms with van der Waals surface area (Å²) in [6, 6.07) is 1.41. The molecule has 0 amide bonds. The van der Waals surface area contributed by atoms with Crippen molar-refractivity contribution in [3.63, 3.8) is 0 Å². The Kier molecular flexibility index (Phi) is 4.32. The van der Waals surface area contributed by atoms with Crippen molar-refractivity contribution in [2.75, 3.05) is 0 Å². The molecule has 0 radical (unpaired) electrons. The van der Waals surface area contributed by atoms with Gasteiger partial charge in [-0.2, -0.15) is 0 Å². The van der Waals surface area contributed by atoms with Crippen LogP contribution in [-0.4, -0.2) is 23.2 Å². The zero-order valence-corrected chi connectivity index (χ0v) is 13.8. The van der Waals surface area contributed by atoms with Crippen molar-refractivity contribution in [2.24, 2.45) is 11.8 Å². The maximum atomic E-state index is 4.00. The maximum absolute atomic E-state index is 4.00. The summed E-state index contributed by atoms with van der Waals surface area (Å²) in [6.07, 6.45) is 6.66. The molecule has 2 rings (SSSR count). The van der Waals surface area contributed by atoms with Crippen molar-refractivity contribution in [3.05, 3.63) is 0 Å². The van der Waals surface area contributed by atoms with Gasteiger partial charge in [0.1, 0.15) is 0 Å². The molecule has 19 heavy (non-hydrogen) atoms. The van der Waals surface area contributed by atoms with Gasteiger partial charge >= 0.3 is 0 Å². The largest absolute Gasteiger partial charge is 0.311 e. The van der Waals surface area contributed by atoms with Crippen LogP contribution in [0, 0.1) is 11.8 Å². The minimum absolute atomic E-state index is 0.255. The van der Waals surface area contributed by atoms with Crippen molar-refractivity contribution >= 4 is 0 Å². The van der Waals surface area contributed by atoms with Crippen LogP contribution in [0.4, 0.5) is 0 Å². The summed E-state index contributed by atoms with van der Waals surface area (Å²) in [5, 5.41) is 7.78. The van der Waals surface area contributed by atoms with Crippen LogP contribution in [0.2, 0.25) is 0 Å². The Balaban J connectivity index is 1.95. The van der Waals surface area contributed by atoms with Gasteiger partial charge in [-0.15, -0.1) is 0 Å². The molecule has 1 saturated carbocycles. The van der Waals surface area contributed by atoms with Crippen molar-refractivity contribution < 1.29 is 0 Å². The van der Waals surface area contributed by atoms with Crippen LogP contribution in [0.15, 0.2) is 0 Å². The highest BCUT2D eigenvalue weighted by Crippen LogP contribution is 2.32. The lowest BCUT2D eigenvalue weighted by molar-refractivity contribution is 0.120. The molecule has 112 valence electrons. The molecular weight excluding hydrogens is 232 g/mol. The minimum atomic E-state index is 0.255. The Labute approximate surface area is 120 Å². The molecule has 1 aliphatic heterocycles. The van der Waals surface area contributed by atoms with Gasteiger partial charge in [-0.3, -0.25) is 0 Å². The predicted octanol–water partition coefficient (Wildman–Crippen LogP) is 3.71. The molecule has 0 spiro atoms. The van der Waals surface area contributed by atoms with Crippen LogP contribution >= 0.6 is 0 Å². The second kappa shape index (κ2) is 5.37. The summed E-state index contributed by atoms with van der Waals surface area (Å²) in [5.74, 6) is 1.76. The summed E-state index contributed by atoms with van der Waals surface area (Å²) in [6.45, 7) is 14.2. The van der Waals surface area contributed by atoms with Gasteiger partial charge < -0.3 is 10.6 Å². The molecule has 1 heterocycles. The Bertz CT molecular complexity index is 292. The van der Waals surface area contributed by atoms with Crippen molar-refractivity contribution in [1.82, 2.24) is 10.6 Å². The number of nitrogens with one attached hydrogen (secondary N) is 2. The third kappa shape index (κ3) is 4.19. The van der Waals surface area contributed by atoms with Crippen molar-refractivity contribution in [2.45, 2.75) is 96.8 Å². The Morgan fingerprint density at radius 2 is 1.53 bits per heavy atom. The standard InChI is InChI=1S/C17H34N2/c1-12-7-8-15(13(2)9-12)18-14-10-16(3,4)19-17(5,6)11-14/h12-15,18-19H,7-11H2,1-6H3. The average Bonchev–Trinajstić information content (AvgIpc) is 2.17. The summed E-state index contributed by atoms with van der Waals surface area (Å²) in [7, 11) is 0. The van der Waals surface area contributed by atoms with E-state index in [0.717, 1.165) is 17.9 Å². The smallest absolute Gasteiger partial charge is 0.0144 e. The fourth-order valence-electron chi connectivity index (χ4n) is 4.66. The Morgan fingerprint density at radius 3 is 2.05 bits per heavy atom. The van der Waals surface area contributed by atoms with E-state index >= 15 is 0 Å². The van der Waals surface area contributed by atoms with E-state index in [0.29, 0.717) is 6.04 Å². The zero-order valence-electron chi connectivity index (χ0n) is 13.8. The van der Waals surface area contributed by atoms with Gasteiger partial charge in [0.2, 0.25) is 0 Å². The molecule has 3 unspecified atom stereocenters. The van der Waals surface area contributed by atoms with Crippen LogP contribution in [0.5, 0.6) is 0 Å².